The topological polar surface area (TPSA) is 79.3 Å². The average molecular weight is 417 g/mol. The van der Waals surface area contributed by atoms with Crippen LogP contribution in [0.25, 0.3) is 10.8 Å². The molecule has 0 saturated heterocycles. The molecule has 0 aliphatic carbocycles. The van der Waals surface area contributed by atoms with E-state index in [-0.39, 0.29) is 17.9 Å². The van der Waals surface area contributed by atoms with Crippen molar-refractivity contribution in [2.75, 3.05) is 5.32 Å². The van der Waals surface area contributed by atoms with Crippen molar-refractivity contribution in [2.45, 2.75) is 19.8 Å². The largest absolute Gasteiger partial charge is 0.478 e. The van der Waals surface area contributed by atoms with Gasteiger partial charge in [0, 0.05) is 17.0 Å². The van der Waals surface area contributed by atoms with Crippen molar-refractivity contribution in [1.29, 1.82) is 0 Å². The lowest BCUT2D eigenvalue weighted by atomic mass is 10.0. The molecule has 4 rings (SSSR count). The van der Waals surface area contributed by atoms with Gasteiger partial charge in [0.05, 0.1) is 22.7 Å². The van der Waals surface area contributed by atoms with Gasteiger partial charge in [0.25, 0.3) is 0 Å². The summed E-state index contributed by atoms with van der Waals surface area (Å²) in [6, 6.07) is 20.7. The van der Waals surface area contributed by atoms with Gasteiger partial charge in [-0.3, -0.25) is 4.79 Å². The highest BCUT2D eigenvalue weighted by Crippen LogP contribution is 2.25. The molecular weight excluding hydrogens is 396 g/mol. The molecule has 1 heterocycles. The number of nitrogens with zero attached hydrogens (tertiary/aromatic N) is 1. The van der Waals surface area contributed by atoms with Crippen molar-refractivity contribution < 1.29 is 14.7 Å². The zero-order valence-electron chi connectivity index (χ0n) is 16.4. The molecule has 0 aliphatic heterocycles. The summed E-state index contributed by atoms with van der Waals surface area (Å²) in [5.41, 5.74) is 2.84. The van der Waals surface area contributed by atoms with Crippen LogP contribution in [0.1, 0.15) is 31.5 Å². The Morgan fingerprint density at radius 1 is 1.00 bits per heavy atom. The summed E-state index contributed by atoms with van der Waals surface area (Å²) in [5, 5.41) is 15.2. The van der Waals surface area contributed by atoms with E-state index >= 15 is 0 Å². The number of thiazole rings is 1. The third-order valence-electron chi connectivity index (χ3n) is 4.90. The van der Waals surface area contributed by atoms with Gasteiger partial charge in [0.1, 0.15) is 0 Å². The number of aryl methyl sites for hydroxylation is 1. The predicted molar refractivity (Wildman–Crippen MR) is 119 cm³/mol. The summed E-state index contributed by atoms with van der Waals surface area (Å²) in [7, 11) is 0. The number of nitrogens with one attached hydrogen (secondary N) is 1. The normalized spacial score (nSPS) is 10.8. The molecule has 0 radical (unpaired) electrons. The maximum Gasteiger partial charge on any atom is 0.335 e. The van der Waals surface area contributed by atoms with Gasteiger partial charge in [-0.05, 0) is 47.5 Å². The number of aromatic nitrogens is 1. The van der Waals surface area contributed by atoms with E-state index in [9.17, 15) is 9.59 Å². The first-order valence-corrected chi connectivity index (χ1v) is 10.4. The second kappa shape index (κ2) is 8.47. The van der Waals surface area contributed by atoms with E-state index in [0.717, 1.165) is 22.0 Å². The molecule has 1 amide bonds. The van der Waals surface area contributed by atoms with Crippen LogP contribution in [0.2, 0.25) is 0 Å². The number of hydrogen-bond donors (Lipinski definition) is 2. The summed E-state index contributed by atoms with van der Waals surface area (Å²) < 4.78 is 0. The predicted octanol–water partition coefficient (Wildman–Crippen LogP) is 5.07. The molecule has 5 nitrogen and oxygen atoms in total. The van der Waals surface area contributed by atoms with Crippen molar-refractivity contribution in [1.82, 2.24) is 4.98 Å². The molecule has 150 valence electrons. The molecule has 2 N–H and O–H groups in total. The molecule has 3 aromatic carbocycles. The molecule has 30 heavy (non-hydrogen) atoms. The number of anilines is 1. The van der Waals surface area contributed by atoms with Crippen molar-refractivity contribution in [3.05, 3.63) is 93.4 Å². The summed E-state index contributed by atoms with van der Waals surface area (Å²) >= 11 is 1.56. The first-order chi connectivity index (χ1) is 14.5. The number of benzene rings is 3. The number of fused-ring (bicyclic) bond motifs is 1. The van der Waals surface area contributed by atoms with Crippen molar-refractivity contribution in [3.8, 4) is 0 Å². The van der Waals surface area contributed by atoms with Crippen LogP contribution in [-0.4, -0.2) is 22.0 Å². The highest BCUT2D eigenvalue weighted by molar-refractivity contribution is 7.11. The van der Waals surface area contributed by atoms with Crippen LogP contribution in [0.5, 0.6) is 0 Å². The summed E-state index contributed by atoms with van der Waals surface area (Å²) in [5.74, 6) is -1.14. The zero-order valence-corrected chi connectivity index (χ0v) is 17.2. The van der Waals surface area contributed by atoms with E-state index < -0.39 is 5.97 Å². The number of carbonyl (C=O) groups is 2. The van der Waals surface area contributed by atoms with Crippen LogP contribution in [0.4, 0.5) is 5.69 Å². The Labute approximate surface area is 178 Å². The fraction of sp³-hybridized carbons (Fsp3) is 0.125. The molecule has 1 aromatic heterocycles. The zero-order chi connectivity index (χ0) is 21.1. The van der Waals surface area contributed by atoms with Gasteiger partial charge in [-0.2, -0.15) is 0 Å². The van der Waals surface area contributed by atoms with Crippen molar-refractivity contribution in [3.63, 3.8) is 0 Å². The average Bonchev–Trinajstić information content (AvgIpc) is 3.07. The second-order valence-electron chi connectivity index (χ2n) is 7.04. The van der Waals surface area contributed by atoms with E-state index in [1.807, 2.05) is 19.1 Å². The van der Waals surface area contributed by atoms with Crippen molar-refractivity contribution >= 4 is 39.7 Å². The summed E-state index contributed by atoms with van der Waals surface area (Å²) in [4.78, 5) is 29.0. The number of amides is 1. The van der Waals surface area contributed by atoms with E-state index in [1.54, 1.807) is 23.5 Å². The highest BCUT2D eigenvalue weighted by atomic mass is 32.1. The van der Waals surface area contributed by atoms with E-state index in [4.69, 9.17) is 5.11 Å². The monoisotopic (exact) mass is 416 g/mol. The number of carbonyl (C=O) groups excluding carboxylic acids is 1. The van der Waals surface area contributed by atoms with Crippen molar-refractivity contribution in [2.24, 2.45) is 0 Å². The lowest BCUT2D eigenvalue weighted by molar-refractivity contribution is -0.115. The number of aromatic carboxylic acids is 1. The second-order valence-corrected chi connectivity index (χ2v) is 8.21. The third kappa shape index (κ3) is 4.39. The minimum atomic E-state index is -0.994. The first kappa shape index (κ1) is 19.8. The molecule has 0 aliphatic rings. The number of rotatable bonds is 6. The van der Waals surface area contributed by atoms with Gasteiger partial charge in [0.2, 0.25) is 5.91 Å². The van der Waals surface area contributed by atoms with Gasteiger partial charge >= 0.3 is 5.97 Å². The van der Waals surface area contributed by atoms with Gasteiger partial charge in [0.15, 0.2) is 0 Å². The molecule has 0 atom stereocenters. The Kier molecular flexibility index (Phi) is 5.59. The van der Waals surface area contributed by atoms with Gasteiger partial charge in [-0.15, -0.1) is 11.3 Å². The third-order valence-corrected chi connectivity index (χ3v) is 6.05. The molecule has 0 saturated carbocycles. The van der Waals surface area contributed by atoms with Gasteiger partial charge < -0.3 is 10.4 Å². The van der Waals surface area contributed by atoms with Gasteiger partial charge in [-0.1, -0.05) is 42.5 Å². The molecule has 0 spiro atoms. The van der Waals surface area contributed by atoms with Crippen LogP contribution < -0.4 is 5.32 Å². The minimum Gasteiger partial charge on any atom is -0.478 e. The quantitative estimate of drug-likeness (QED) is 0.460. The molecule has 0 bridgehead atoms. The number of carboxylic acids is 1. The van der Waals surface area contributed by atoms with Crippen LogP contribution in [0.15, 0.2) is 66.7 Å². The van der Waals surface area contributed by atoms with Crippen LogP contribution in [-0.2, 0) is 17.6 Å². The molecule has 0 unspecified atom stereocenters. The van der Waals surface area contributed by atoms with E-state index in [0.29, 0.717) is 5.69 Å². The first-order valence-electron chi connectivity index (χ1n) is 9.54. The lowest BCUT2D eigenvalue weighted by Gasteiger charge is -2.05. The molecular formula is C24H20N2O3S. The lowest BCUT2D eigenvalue weighted by Crippen LogP contribution is -2.14. The Morgan fingerprint density at radius 2 is 1.73 bits per heavy atom. The maximum atomic E-state index is 12.4. The summed E-state index contributed by atoms with van der Waals surface area (Å²) in [6.45, 7) is 1.92. The Balaban J connectivity index is 1.46. The summed E-state index contributed by atoms with van der Waals surface area (Å²) in [6.07, 6.45) is 0.963. The number of carboxylic acid groups (broad SMARTS) is 1. The fourth-order valence-electron chi connectivity index (χ4n) is 3.38. The van der Waals surface area contributed by atoms with E-state index in [1.165, 1.54) is 28.5 Å². The standard InChI is InChI=1S/C24H20N2O3S/c1-15-21(14-22(27)26-19-11-9-17(10-12-19)24(28)29)30-23(25-15)13-18-7-4-6-16-5-2-3-8-20(16)18/h2-12H,13-14H2,1H3,(H,26,27)(H,28,29). The Hall–Kier alpha value is -3.51. The maximum absolute atomic E-state index is 12.4. The Bertz CT molecular complexity index is 1220. The van der Waals surface area contributed by atoms with Crippen LogP contribution in [0, 0.1) is 6.92 Å². The number of hydrogen-bond acceptors (Lipinski definition) is 4. The molecule has 0 fully saturated rings. The van der Waals surface area contributed by atoms with E-state index in [2.05, 4.69) is 40.6 Å². The highest BCUT2D eigenvalue weighted by Gasteiger charge is 2.14. The van der Waals surface area contributed by atoms with Gasteiger partial charge in [-0.25, -0.2) is 9.78 Å². The van der Waals surface area contributed by atoms with Crippen LogP contribution in [0.3, 0.4) is 0 Å². The smallest absolute Gasteiger partial charge is 0.335 e. The SMILES string of the molecule is Cc1nc(Cc2cccc3ccccc23)sc1CC(=O)Nc1ccc(C(=O)O)cc1. The van der Waals surface area contributed by atoms with Crippen LogP contribution >= 0.6 is 11.3 Å². The molecule has 6 heteroatoms. The molecule has 4 aromatic rings. The fourth-order valence-corrected chi connectivity index (χ4v) is 4.48. The Morgan fingerprint density at radius 3 is 2.50 bits per heavy atom. The minimum absolute atomic E-state index is 0.151.